The number of aryl methyl sites for hydroxylation is 1. The number of rotatable bonds is 6. The Morgan fingerprint density at radius 2 is 2.14 bits per heavy atom. The third-order valence-electron chi connectivity index (χ3n) is 3.71. The zero-order chi connectivity index (χ0) is 16.1. The van der Waals surface area contributed by atoms with Crippen molar-refractivity contribution in [2.24, 2.45) is 0 Å². The molecule has 2 rings (SSSR count). The van der Waals surface area contributed by atoms with Crippen LogP contribution in [0, 0.1) is 12.3 Å². The second-order valence-electron chi connectivity index (χ2n) is 5.15. The first kappa shape index (κ1) is 16.4. The molecule has 1 N–H and O–H groups in total. The molecule has 0 spiro atoms. The van der Waals surface area contributed by atoms with Crippen LogP contribution in [0.4, 0.5) is 5.00 Å². The molecule has 1 aromatic heterocycles. The normalized spacial score (nSPS) is 13.1. The van der Waals surface area contributed by atoms with E-state index in [1.165, 1.54) is 12.0 Å². The van der Waals surface area contributed by atoms with Crippen molar-refractivity contribution in [3.05, 3.63) is 16.0 Å². The summed E-state index contributed by atoms with van der Waals surface area (Å²) in [4.78, 5) is 26.0. The van der Waals surface area contributed by atoms with Gasteiger partial charge in [-0.15, -0.1) is 17.8 Å². The molecule has 0 saturated heterocycles. The fourth-order valence-corrected chi connectivity index (χ4v) is 4.08. The van der Waals surface area contributed by atoms with Gasteiger partial charge in [-0.05, 0) is 31.2 Å². The number of hydrogen-bond donors (Lipinski definition) is 1. The van der Waals surface area contributed by atoms with E-state index in [2.05, 4.69) is 5.92 Å². The van der Waals surface area contributed by atoms with Gasteiger partial charge in [0.2, 0.25) is 0 Å². The van der Waals surface area contributed by atoms with Gasteiger partial charge in [-0.3, -0.25) is 4.79 Å². The molecule has 118 valence electrons. The molecule has 5 nitrogen and oxygen atoms in total. The summed E-state index contributed by atoms with van der Waals surface area (Å²) in [5.41, 5.74) is 1.62. The van der Waals surface area contributed by atoms with Gasteiger partial charge in [0.1, 0.15) is 5.00 Å². The third-order valence-corrected chi connectivity index (χ3v) is 5.06. The Kier molecular flexibility index (Phi) is 5.45. The minimum absolute atomic E-state index is 0.0230. The summed E-state index contributed by atoms with van der Waals surface area (Å²) < 4.78 is 4.93. The number of methoxy groups -OCH3 is 1. The number of hydrogen-bond acceptors (Lipinski definition) is 5. The van der Waals surface area contributed by atoms with Crippen LogP contribution in [0.5, 0.6) is 0 Å². The second-order valence-corrected chi connectivity index (χ2v) is 6.24. The van der Waals surface area contributed by atoms with Crippen molar-refractivity contribution in [1.29, 1.82) is 0 Å². The number of aliphatic carboxylic acids is 1. The van der Waals surface area contributed by atoms with Gasteiger partial charge in [-0.2, -0.15) is 0 Å². The lowest BCUT2D eigenvalue weighted by molar-refractivity contribution is -0.136. The molecule has 0 aliphatic heterocycles. The molecular formula is C16H19NO4S. The maximum atomic E-state index is 12.2. The van der Waals surface area contributed by atoms with E-state index in [1.54, 1.807) is 16.2 Å². The quantitative estimate of drug-likeness (QED) is 0.643. The van der Waals surface area contributed by atoms with E-state index in [1.807, 2.05) is 0 Å². The van der Waals surface area contributed by atoms with Crippen LogP contribution in [0.2, 0.25) is 0 Å². The van der Waals surface area contributed by atoms with Crippen molar-refractivity contribution in [2.45, 2.75) is 32.1 Å². The number of carboxylic acid groups (broad SMARTS) is 1. The lowest BCUT2D eigenvalue weighted by Crippen LogP contribution is -2.27. The molecule has 0 unspecified atom stereocenters. The first-order valence-electron chi connectivity index (χ1n) is 7.21. The fourth-order valence-electron chi connectivity index (χ4n) is 2.68. The number of esters is 1. The van der Waals surface area contributed by atoms with Crippen molar-refractivity contribution in [3.8, 4) is 12.3 Å². The van der Waals surface area contributed by atoms with Crippen molar-refractivity contribution in [3.63, 3.8) is 0 Å². The number of fused-ring (bicyclic) bond motifs is 1. The van der Waals surface area contributed by atoms with Gasteiger partial charge in [-0.1, -0.05) is 5.92 Å². The minimum atomic E-state index is -0.886. The molecule has 1 aliphatic rings. The Hall–Kier alpha value is -2.00. The highest BCUT2D eigenvalue weighted by Crippen LogP contribution is 2.40. The summed E-state index contributed by atoms with van der Waals surface area (Å²) in [6, 6.07) is 0. The molecule has 1 aliphatic carbocycles. The molecule has 0 bridgehead atoms. The van der Waals surface area contributed by atoms with Crippen LogP contribution >= 0.6 is 11.3 Å². The van der Waals surface area contributed by atoms with Gasteiger partial charge < -0.3 is 14.7 Å². The summed E-state index contributed by atoms with van der Waals surface area (Å²) >= 11 is 1.54. The average Bonchev–Trinajstić information content (AvgIpc) is 2.89. The first-order chi connectivity index (χ1) is 10.6. The Balaban J connectivity index is 2.42. The molecule has 0 amide bonds. The molecule has 0 atom stereocenters. The summed E-state index contributed by atoms with van der Waals surface area (Å²) in [7, 11) is 1.36. The zero-order valence-corrected chi connectivity index (χ0v) is 13.4. The van der Waals surface area contributed by atoms with Crippen LogP contribution < -0.4 is 4.90 Å². The summed E-state index contributed by atoms with van der Waals surface area (Å²) in [5.74, 6) is 1.29. The van der Waals surface area contributed by atoms with E-state index >= 15 is 0 Å². The van der Waals surface area contributed by atoms with Crippen molar-refractivity contribution >= 4 is 28.3 Å². The van der Waals surface area contributed by atoms with E-state index < -0.39 is 5.97 Å². The van der Waals surface area contributed by atoms with Crippen molar-refractivity contribution in [2.75, 3.05) is 25.1 Å². The number of terminal acetylenes is 1. The molecular weight excluding hydrogens is 302 g/mol. The SMILES string of the molecule is C#CCN(CCC(=O)O)c1sc2c(c1C(=O)OC)CCCC2. The van der Waals surface area contributed by atoms with Gasteiger partial charge in [0.15, 0.2) is 0 Å². The Morgan fingerprint density at radius 3 is 2.77 bits per heavy atom. The predicted octanol–water partition coefficient (Wildman–Crippen LogP) is 2.33. The predicted molar refractivity (Wildman–Crippen MR) is 85.6 cm³/mol. The monoisotopic (exact) mass is 321 g/mol. The molecule has 1 heterocycles. The van der Waals surface area contributed by atoms with Crippen LogP contribution in [0.15, 0.2) is 0 Å². The van der Waals surface area contributed by atoms with Gasteiger partial charge in [-0.25, -0.2) is 4.79 Å². The Bertz CT molecular complexity index is 614. The smallest absolute Gasteiger partial charge is 0.341 e. The maximum Gasteiger partial charge on any atom is 0.341 e. The van der Waals surface area contributed by atoms with E-state index in [-0.39, 0.29) is 25.5 Å². The molecule has 6 heteroatoms. The number of carbonyl (C=O) groups excluding carboxylic acids is 1. The van der Waals surface area contributed by atoms with E-state index in [0.29, 0.717) is 5.56 Å². The average molecular weight is 321 g/mol. The van der Waals surface area contributed by atoms with Gasteiger partial charge in [0.05, 0.1) is 25.6 Å². The summed E-state index contributed by atoms with van der Waals surface area (Å²) in [5, 5.41) is 9.65. The molecule has 0 fully saturated rings. The first-order valence-corrected chi connectivity index (χ1v) is 8.03. The summed E-state index contributed by atoms with van der Waals surface area (Å²) in [6.45, 7) is 0.555. The van der Waals surface area contributed by atoms with Crippen LogP contribution in [0.25, 0.3) is 0 Å². The molecule has 1 aromatic rings. The molecule has 0 aromatic carbocycles. The van der Waals surface area contributed by atoms with E-state index in [4.69, 9.17) is 16.3 Å². The largest absolute Gasteiger partial charge is 0.481 e. The van der Waals surface area contributed by atoms with Crippen molar-refractivity contribution in [1.82, 2.24) is 0 Å². The lowest BCUT2D eigenvalue weighted by atomic mass is 9.95. The lowest BCUT2D eigenvalue weighted by Gasteiger charge is -2.21. The van der Waals surface area contributed by atoms with Crippen LogP contribution in [-0.2, 0) is 22.4 Å². The number of anilines is 1. The van der Waals surface area contributed by atoms with Gasteiger partial charge in [0, 0.05) is 11.4 Å². The summed E-state index contributed by atoms with van der Waals surface area (Å²) in [6.07, 6.45) is 9.35. The van der Waals surface area contributed by atoms with Gasteiger partial charge >= 0.3 is 11.9 Å². The number of thiophene rings is 1. The van der Waals surface area contributed by atoms with Crippen LogP contribution in [0.3, 0.4) is 0 Å². The van der Waals surface area contributed by atoms with Crippen LogP contribution in [-0.4, -0.2) is 37.2 Å². The minimum Gasteiger partial charge on any atom is -0.481 e. The van der Waals surface area contributed by atoms with E-state index in [0.717, 1.165) is 36.2 Å². The number of nitrogens with zero attached hydrogens (tertiary/aromatic N) is 1. The number of ether oxygens (including phenoxy) is 1. The molecule has 0 radical (unpaired) electrons. The second kappa shape index (κ2) is 7.32. The maximum absolute atomic E-state index is 12.2. The highest BCUT2D eigenvalue weighted by atomic mass is 32.1. The topological polar surface area (TPSA) is 66.8 Å². The number of carbonyl (C=O) groups is 2. The van der Waals surface area contributed by atoms with E-state index in [9.17, 15) is 9.59 Å². The third kappa shape index (κ3) is 3.42. The highest BCUT2D eigenvalue weighted by Gasteiger charge is 2.28. The molecule has 22 heavy (non-hydrogen) atoms. The van der Waals surface area contributed by atoms with Crippen LogP contribution in [0.1, 0.15) is 40.1 Å². The Labute approximate surface area is 133 Å². The van der Waals surface area contributed by atoms with Crippen molar-refractivity contribution < 1.29 is 19.4 Å². The highest BCUT2D eigenvalue weighted by molar-refractivity contribution is 7.16. The standard InChI is InChI=1S/C16H19NO4S/c1-3-9-17(10-8-13(18)19)15-14(16(20)21-2)11-6-4-5-7-12(11)22-15/h1H,4-10H2,2H3,(H,18,19). The Morgan fingerprint density at radius 1 is 1.41 bits per heavy atom. The zero-order valence-electron chi connectivity index (χ0n) is 12.6. The van der Waals surface area contributed by atoms with Gasteiger partial charge in [0.25, 0.3) is 0 Å². The molecule has 0 saturated carbocycles. The number of carboxylic acids is 1. The fraction of sp³-hybridized carbons (Fsp3) is 0.500.